The van der Waals surface area contributed by atoms with Crippen LogP contribution in [0.15, 0.2) is 0 Å². The second-order valence-corrected chi connectivity index (χ2v) is 2.66. The third-order valence-electron chi connectivity index (χ3n) is 1.37. The minimum absolute atomic E-state index is 0.477. The maximum atomic E-state index is 5.80. The molecule has 1 saturated carbocycles. The summed E-state index contributed by atoms with van der Waals surface area (Å²) in [5.41, 5.74) is 0. The maximum Gasteiger partial charge on any atom is 0.0336 e. The Balaban J connectivity index is 2.12. The van der Waals surface area contributed by atoms with Crippen molar-refractivity contribution in [1.29, 1.82) is 0 Å². The zero-order valence-corrected chi connectivity index (χ0v) is 5.12. The zero-order chi connectivity index (χ0) is 5.11. The summed E-state index contributed by atoms with van der Waals surface area (Å²) in [4.78, 5) is 0. The molecule has 7 heavy (non-hydrogen) atoms. The van der Waals surface area contributed by atoms with Gasteiger partial charge in [0.1, 0.15) is 0 Å². The van der Waals surface area contributed by atoms with Gasteiger partial charge in [0.15, 0.2) is 0 Å². The molecular formula is C6H10Cl. The van der Waals surface area contributed by atoms with Crippen molar-refractivity contribution in [3.8, 4) is 0 Å². The molecule has 0 spiro atoms. The lowest BCUT2D eigenvalue weighted by atomic mass is 10.0. The molecule has 0 amide bonds. The number of hydrogen-bond donors (Lipinski definition) is 0. The van der Waals surface area contributed by atoms with Crippen LogP contribution in [0.3, 0.4) is 0 Å². The van der Waals surface area contributed by atoms with Gasteiger partial charge in [-0.1, -0.05) is 0 Å². The van der Waals surface area contributed by atoms with Crippen molar-refractivity contribution in [2.45, 2.75) is 31.1 Å². The number of hydrogen-bond acceptors (Lipinski definition) is 0. The van der Waals surface area contributed by atoms with E-state index in [9.17, 15) is 0 Å². The molecule has 0 N–H and O–H groups in total. The quantitative estimate of drug-likeness (QED) is 0.428. The van der Waals surface area contributed by atoms with Crippen molar-refractivity contribution < 1.29 is 0 Å². The topological polar surface area (TPSA) is 0 Å². The first-order chi connectivity index (χ1) is 3.39. The molecule has 0 unspecified atom stereocenters. The molecule has 0 aromatic heterocycles. The van der Waals surface area contributed by atoms with Crippen molar-refractivity contribution >= 4 is 11.6 Å². The Bertz CT molecular complexity index is 46.1. The van der Waals surface area contributed by atoms with Gasteiger partial charge in [0, 0.05) is 5.38 Å². The molecular weight excluding hydrogens is 108 g/mol. The van der Waals surface area contributed by atoms with Crippen molar-refractivity contribution in [3.05, 3.63) is 6.42 Å². The maximum absolute atomic E-state index is 5.80. The van der Waals surface area contributed by atoms with Crippen molar-refractivity contribution in [3.63, 3.8) is 0 Å². The van der Waals surface area contributed by atoms with Crippen LogP contribution in [-0.2, 0) is 0 Å². The Morgan fingerprint density at radius 1 is 1.29 bits per heavy atom. The lowest BCUT2D eigenvalue weighted by molar-refractivity contribution is 0.601. The fourth-order valence-corrected chi connectivity index (χ4v) is 1.14. The molecule has 1 fully saturated rings. The van der Waals surface area contributed by atoms with E-state index < -0.39 is 0 Å². The highest BCUT2D eigenvalue weighted by atomic mass is 35.5. The van der Waals surface area contributed by atoms with Gasteiger partial charge >= 0.3 is 0 Å². The lowest BCUT2D eigenvalue weighted by Gasteiger charge is -2.13. The van der Waals surface area contributed by atoms with Crippen LogP contribution >= 0.6 is 11.6 Å². The highest BCUT2D eigenvalue weighted by molar-refractivity contribution is 6.20. The van der Waals surface area contributed by atoms with Crippen LogP contribution in [0.4, 0.5) is 0 Å². The molecule has 41 valence electrons. The van der Waals surface area contributed by atoms with E-state index in [-0.39, 0.29) is 0 Å². The highest BCUT2D eigenvalue weighted by Gasteiger charge is 2.08. The average molecular weight is 118 g/mol. The molecule has 0 aromatic rings. The van der Waals surface area contributed by atoms with E-state index in [0.717, 1.165) is 0 Å². The number of rotatable bonds is 0. The summed E-state index contributed by atoms with van der Waals surface area (Å²) in [6.07, 6.45) is 7.17. The molecule has 0 aliphatic heterocycles. The van der Waals surface area contributed by atoms with Crippen LogP contribution in [0.25, 0.3) is 0 Å². The Morgan fingerprint density at radius 2 is 1.86 bits per heavy atom. The molecule has 0 aromatic carbocycles. The first kappa shape index (κ1) is 5.43. The van der Waals surface area contributed by atoms with E-state index in [0.29, 0.717) is 5.38 Å². The minimum atomic E-state index is 0.477. The van der Waals surface area contributed by atoms with Crippen LogP contribution < -0.4 is 0 Å². The van der Waals surface area contributed by atoms with Gasteiger partial charge in [-0.3, -0.25) is 0 Å². The summed E-state index contributed by atoms with van der Waals surface area (Å²) in [6.45, 7) is 0. The van der Waals surface area contributed by atoms with Gasteiger partial charge in [-0.25, -0.2) is 0 Å². The summed E-state index contributed by atoms with van der Waals surface area (Å²) in [5.74, 6) is 0. The molecule has 0 bridgehead atoms. The summed E-state index contributed by atoms with van der Waals surface area (Å²) in [7, 11) is 0. The molecule has 1 aliphatic carbocycles. The summed E-state index contributed by atoms with van der Waals surface area (Å²) < 4.78 is 0. The summed E-state index contributed by atoms with van der Waals surface area (Å²) in [5, 5.41) is 0.477. The van der Waals surface area contributed by atoms with Crippen LogP contribution in [-0.4, -0.2) is 5.38 Å². The van der Waals surface area contributed by atoms with E-state index in [1.54, 1.807) is 0 Å². The molecule has 0 atom stereocenters. The lowest BCUT2D eigenvalue weighted by Crippen LogP contribution is -2.03. The second-order valence-electron chi connectivity index (χ2n) is 2.04. The van der Waals surface area contributed by atoms with Gasteiger partial charge < -0.3 is 0 Å². The predicted octanol–water partition coefficient (Wildman–Crippen LogP) is 2.37. The monoisotopic (exact) mass is 117 g/mol. The van der Waals surface area contributed by atoms with Crippen molar-refractivity contribution in [2.24, 2.45) is 0 Å². The first-order valence-corrected chi connectivity index (χ1v) is 3.29. The highest BCUT2D eigenvalue weighted by Crippen LogP contribution is 2.20. The van der Waals surface area contributed by atoms with Gasteiger partial charge in [0.05, 0.1) is 0 Å². The van der Waals surface area contributed by atoms with E-state index in [2.05, 4.69) is 6.42 Å². The Kier molecular flexibility index (Phi) is 1.99. The molecule has 1 aliphatic rings. The number of halogens is 1. The second kappa shape index (κ2) is 2.56. The van der Waals surface area contributed by atoms with Gasteiger partial charge in [-0.15, -0.1) is 11.6 Å². The molecule has 1 heteroatoms. The Labute approximate surface area is 49.9 Å². The van der Waals surface area contributed by atoms with Gasteiger partial charge in [0.25, 0.3) is 0 Å². The summed E-state index contributed by atoms with van der Waals surface area (Å²) in [6, 6.07) is 0. The molecule has 0 saturated heterocycles. The zero-order valence-electron chi connectivity index (χ0n) is 4.36. The van der Waals surface area contributed by atoms with Crippen molar-refractivity contribution in [2.75, 3.05) is 0 Å². The predicted molar refractivity (Wildman–Crippen MR) is 32.4 cm³/mol. The van der Waals surface area contributed by atoms with Crippen LogP contribution in [0.5, 0.6) is 0 Å². The smallest absolute Gasteiger partial charge is 0.0336 e. The molecule has 1 rings (SSSR count). The molecule has 0 nitrogen and oxygen atoms in total. The average Bonchev–Trinajstić information content (AvgIpc) is 1.69. The number of alkyl halides is 1. The van der Waals surface area contributed by atoms with Crippen molar-refractivity contribution in [1.82, 2.24) is 0 Å². The third-order valence-corrected chi connectivity index (χ3v) is 1.80. The van der Waals surface area contributed by atoms with E-state index in [1.165, 1.54) is 25.7 Å². The van der Waals surface area contributed by atoms with Gasteiger partial charge in [-0.2, -0.15) is 0 Å². The molecule has 1 radical (unpaired) electrons. The van der Waals surface area contributed by atoms with E-state index in [1.807, 2.05) is 0 Å². The normalized spacial score (nSPS) is 25.3. The van der Waals surface area contributed by atoms with Crippen LogP contribution in [0, 0.1) is 6.42 Å². The van der Waals surface area contributed by atoms with Gasteiger partial charge in [0.2, 0.25) is 0 Å². The Morgan fingerprint density at radius 3 is 2.14 bits per heavy atom. The first-order valence-electron chi connectivity index (χ1n) is 2.85. The van der Waals surface area contributed by atoms with Gasteiger partial charge in [-0.05, 0) is 32.1 Å². The Hall–Kier alpha value is 0.290. The fraction of sp³-hybridized carbons (Fsp3) is 0.833. The third kappa shape index (κ3) is 1.68. The fourth-order valence-electron chi connectivity index (χ4n) is 0.886. The minimum Gasteiger partial charge on any atom is -0.123 e. The largest absolute Gasteiger partial charge is 0.123 e. The van der Waals surface area contributed by atoms with Crippen LogP contribution in [0.2, 0.25) is 0 Å². The summed E-state index contributed by atoms with van der Waals surface area (Å²) >= 11 is 5.80. The van der Waals surface area contributed by atoms with Crippen LogP contribution in [0.1, 0.15) is 25.7 Å². The van der Waals surface area contributed by atoms with E-state index >= 15 is 0 Å². The van der Waals surface area contributed by atoms with E-state index in [4.69, 9.17) is 11.6 Å². The SMILES string of the molecule is ClC1CC[CH]CC1. The standard InChI is InChI=1S/C6H10Cl/c7-6-4-2-1-3-5-6/h1,6H,2-5H2. The molecule has 0 heterocycles.